The van der Waals surface area contributed by atoms with Crippen molar-refractivity contribution in [3.63, 3.8) is 0 Å². The molecule has 0 saturated carbocycles. The van der Waals surface area contributed by atoms with E-state index >= 15 is 0 Å². The molecule has 0 aromatic heterocycles. The minimum Gasteiger partial charge on any atom is -0.480 e. The third kappa shape index (κ3) is 7.84. The number of aliphatic hydroxyl groups is 1. The maximum atomic E-state index is 11.4. The molecule has 0 aromatic carbocycles. The standard InChI is InChI=1S/C11H20N4O6/c1-5(12)10(19)14-3-7(17)13-4-8(18)15-9(6(2)16)11(20)21/h5-6,9,16H,3-4,12H2,1-2H3,(H,13,17)(H,14,19)(H,15,18)(H,20,21). The smallest absolute Gasteiger partial charge is 0.328 e. The number of aliphatic carboxylic acids is 1. The van der Waals surface area contributed by atoms with Crippen LogP contribution in [0.15, 0.2) is 0 Å². The van der Waals surface area contributed by atoms with Gasteiger partial charge in [0, 0.05) is 0 Å². The number of carboxylic acids is 1. The van der Waals surface area contributed by atoms with Gasteiger partial charge in [0.1, 0.15) is 0 Å². The summed E-state index contributed by atoms with van der Waals surface area (Å²) in [6.07, 6.45) is -1.28. The second-order valence-electron chi connectivity index (χ2n) is 4.41. The Bertz CT molecular complexity index is 410. The summed E-state index contributed by atoms with van der Waals surface area (Å²) >= 11 is 0. The first-order chi connectivity index (χ1) is 9.65. The lowest BCUT2D eigenvalue weighted by molar-refractivity contribution is -0.144. The number of rotatable bonds is 8. The molecule has 0 rings (SSSR count). The molecule has 0 heterocycles. The molecule has 0 fully saturated rings. The Balaban J connectivity index is 4.10. The normalized spacial score (nSPS) is 14.5. The van der Waals surface area contributed by atoms with Crippen molar-refractivity contribution >= 4 is 23.7 Å². The fourth-order valence-electron chi connectivity index (χ4n) is 1.18. The van der Waals surface area contributed by atoms with Crippen LogP contribution in [-0.4, -0.2) is 65.2 Å². The summed E-state index contributed by atoms with van der Waals surface area (Å²) in [5.41, 5.74) is 5.27. The van der Waals surface area contributed by atoms with Crippen LogP contribution >= 0.6 is 0 Å². The second-order valence-corrected chi connectivity index (χ2v) is 4.41. The van der Waals surface area contributed by atoms with Crippen molar-refractivity contribution in [3.05, 3.63) is 0 Å². The van der Waals surface area contributed by atoms with Crippen LogP contribution in [-0.2, 0) is 19.2 Å². The van der Waals surface area contributed by atoms with Gasteiger partial charge in [-0.2, -0.15) is 0 Å². The largest absolute Gasteiger partial charge is 0.480 e. The summed E-state index contributed by atoms with van der Waals surface area (Å²) in [5, 5.41) is 24.4. The summed E-state index contributed by atoms with van der Waals surface area (Å²) in [5.74, 6) is -3.33. The number of hydrogen-bond donors (Lipinski definition) is 6. The Morgan fingerprint density at radius 1 is 1.05 bits per heavy atom. The maximum Gasteiger partial charge on any atom is 0.328 e. The van der Waals surface area contributed by atoms with Gasteiger partial charge in [-0.3, -0.25) is 14.4 Å². The zero-order valence-electron chi connectivity index (χ0n) is 11.8. The number of nitrogens with two attached hydrogens (primary N) is 1. The van der Waals surface area contributed by atoms with Gasteiger partial charge in [0.2, 0.25) is 17.7 Å². The molecule has 0 saturated heterocycles. The number of hydrogen-bond acceptors (Lipinski definition) is 6. The molecule has 3 amide bonds. The Kier molecular flexibility index (Phi) is 7.94. The number of nitrogens with one attached hydrogen (secondary N) is 3. The first kappa shape index (κ1) is 18.8. The zero-order chi connectivity index (χ0) is 16.6. The van der Waals surface area contributed by atoms with E-state index in [1.807, 2.05) is 5.32 Å². The number of carbonyl (C=O) groups excluding carboxylic acids is 3. The molecule has 10 heteroatoms. The highest BCUT2D eigenvalue weighted by molar-refractivity contribution is 5.90. The Morgan fingerprint density at radius 2 is 1.57 bits per heavy atom. The van der Waals surface area contributed by atoms with Crippen LogP contribution in [0.3, 0.4) is 0 Å². The molecule has 3 unspecified atom stereocenters. The van der Waals surface area contributed by atoms with Crippen molar-refractivity contribution in [2.75, 3.05) is 13.1 Å². The lowest BCUT2D eigenvalue weighted by Gasteiger charge is -2.17. The van der Waals surface area contributed by atoms with Gasteiger partial charge in [0.15, 0.2) is 6.04 Å². The first-order valence-electron chi connectivity index (χ1n) is 6.15. The topological polar surface area (TPSA) is 171 Å². The van der Waals surface area contributed by atoms with E-state index in [0.717, 1.165) is 0 Å². The lowest BCUT2D eigenvalue weighted by atomic mass is 10.2. The number of aliphatic hydroxyl groups excluding tert-OH is 1. The van der Waals surface area contributed by atoms with Crippen LogP contribution in [0.5, 0.6) is 0 Å². The van der Waals surface area contributed by atoms with Gasteiger partial charge in [-0.1, -0.05) is 0 Å². The van der Waals surface area contributed by atoms with Gasteiger partial charge in [0.05, 0.1) is 25.2 Å². The van der Waals surface area contributed by atoms with Crippen molar-refractivity contribution in [3.8, 4) is 0 Å². The van der Waals surface area contributed by atoms with Gasteiger partial charge in [-0.15, -0.1) is 0 Å². The van der Waals surface area contributed by atoms with E-state index in [0.29, 0.717) is 0 Å². The van der Waals surface area contributed by atoms with Crippen LogP contribution in [0.4, 0.5) is 0 Å². The van der Waals surface area contributed by atoms with Gasteiger partial charge < -0.3 is 31.9 Å². The monoisotopic (exact) mass is 304 g/mol. The molecule has 0 aromatic rings. The molecule has 120 valence electrons. The van der Waals surface area contributed by atoms with Crippen LogP contribution in [0.1, 0.15) is 13.8 Å². The quantitative estimate of drug-likeness (QED) is 0.270. The average Bonchev–Trinajstić information content (AvgIpc) is 2.38. The van der Waals surface area contributed by atoms with Crippen LogP contribution in [0.2, 0.25) is 0 Å². The summed E-state index contributed by atoms with van der Waals surface area (Å²) < 4.78 is 0. The van der Waals surface area contributed by atoms with Gasteiger partial charge >= 0.3 is 5.97 Å². The van der Waals surface area contributed by atoms with Gasteiger partial charge in [0.25, 0.3) is 0 Å². The van der Waals surface area contributed by atoms with E-state index in [1.165, 1.54) is 13.8 Å². The average molecular weight is 304 g/mol. The lowest BCUT2D eigenvalue weighted by Crippen LogP contribution is -2.51. The Hall–Kier alpha value is -2.20. The molecular formula is C11H20N4O6. The van der Waals surface area contributed by atoms with E-state index in [4.69, 9.17) is 15.9 Å². The molecule has 0 radical (unpaired) electrons. The SMILES string of the molecule is CC(N)C(=O)NCC(=O)NCC(=O)NC(C(=O)O)C(C)O. The molecule has 10 nitrogen and oxygen atoms in total. The van der Waals surface area contributed by atoms with Gasteiger partial charge in [-0.25, -0.2) is 4.79 Å². The van der Waals surface area contributed by atoms with Crippen molar-refractivity contribution in [2.24, 2.45) is 5.73 Å². The summed E-state index contributed by atoms with van der Waals surface area (Å²) in [6, 6.07) is -2.23. The predicted molar refractivity (Wildman–Crippen MR) is 70.9 cm³/mol. The molecule has 0 aliphatic rings. The van der Waals surface area contributed by atoms with Gasteiger partial charge in [-0.05, 0) is 13.8 Å². The second kappa shape index (κ2) is 8.87. The van der Waals surface area contributed by atoms with Crippen LogP contribution in [0.25, 0.3) is 0 Å². The minimum absolute atomic E-state index is 0.355. The third-order valence-corrected chi connectivity index (χ3v) is 2.35. The van der Waals surface area contributed by atoms with E-state index in [1.54, 1.807) is 0 Å². The van der Waals surface area contributed by atoms with Crippen molar-refractivity contribution in [1.82, 2.24) is 16.0 Å². The van der Waals surface area contributed by atoms with E-state index in [9.17, 15) is 19.2 Å². The molecule has 0 aliphatic heterocycles. The van der Waals surface area contributed by atoms with Crippen LogP contribution < -0.4 is 21.7 Å². The maximum absolute atomic E-state index is 11.4. The fourth-order valence-corrected chi connectivity index (χ4v) is 1.18. The molecule has 21 heavy (non-hydrogen) atoms. The summed E-state index contributed by atoms with van der Waals surface area (Å²) in [6.45, 7) is 1.82. The molecule has 3 atom stereocenters. The highest BCUT2D eigenvalue weighted by atomic mass is 16.4. The molecule has 0 bridgehead atoms. The summed E-state index contributed by atoms with van der Waals surface area (Å²) in [4.78, 5) is 44.5. The summed E-state index contributed by atoms with van der Waals surface area (Å²) in [7, 11) is 0. The van der Waals surface area contributed by atoms with Crippen LogP contribution in [0, 0.1) is 0 Å². The predicted octanol–water partition coefficient (Wildman–Crippen LogP) is -3.48. The Morgan fingerprint density at radius 3 is 2.00 bits per heavy atom. The van der Waals surface area contributed by atoms with E-state index < -0.39 is 48.4 Å². The highest BCUT2D eigenvalue weighted by Gasteiger charge is 2.24. The number of amides is 3. The minimum atomic E-state index is -1.47. The fraction of sp³-hybridized carbons (Fsp3) is 0.636. The highest BCUT2D eigenvalue weighted by Crippen LogP contribution is 1.92. The molecule has 7 N–H and O–H groups in total. The number of carboxylic acid groups (broad SMARTS) is 1. The molecular weight excluding hydrogens is 284 g/mol. The van der Waals surface area contributed by atoms with E-state index in [2.05, 4.69) is 10.6 Å². The first-order valence-corrected chi connectivity index (χ1v) is 6.15. The van der Waals surface area contributed by atoms with Crippen molar-refractivity contribution in [1.29, 1.82) is 0 Å². The number of carbonyl (C=O) groups is 4. The van der Waals surface area contributed by atoms with Crippen molar-refractivity contribution < 1.29 is 29.4 Å². The Labute approximate surface area is 121 Å². The van der Waals surface area contributed by atoms with E-state index in [-0.39, 0.29) is 6.54 Å². The zero-order valence-corrected chi connectivity index (χ0v) is 11.8. The molecule has 0 aliphatic carbocycles. The third-order valence-electron chi connectivity index (χ3n) is 2.35. The van der Waals surface area contributed by atoms with Crippen molar-refractivity contribution in [2.45, 2.75) is 32.0 Å². The molecule has 0 spiro atoms.